The van der Waals surface area contributed by atoms with Crippen LogP contribution in [0.25, 0.3) is 11.1 Å². The zero-order chi connectivity index (χ0) is 23.5. The van der Waals surface area contributed by atoms with E-state index < -0.39 is 41.7 Å². The molecular weight excluding hydrogens is 471 g/mol. The van der Waals surface area contributed by atoms with Gasteiger partial charge in [-0.25, -0.2) is 4.39 Å². The maximum atomic E-state index is 13.3. The lowest BCUT2D eigenvalue weighted by atomic mass is 9.97. The molecule has 1 amide bonds. The van der Waals surface area contributed by atoms with Crippen LogP contribution in [0.3, 0.4) is 0 Å². The molecule has 0 saturated carbocycles. The highest BCUT2D eigenvalue weighted by Gasteiger charge is 2.46. The number of amides is 1. The third-order valence-corrected chi connectivity index (χ3v) is 5.84. The number of rotatable bonds is 8. The minimum Gasteiger partial charge on any atom is -0.386 e. The van der Waals surface area contributed by atoms with Gasteiger partial charge in [-0.15, -0.1) is 0 Å². The molecule has 32 heavy (non-hydrogen) atoms. The molecule has 2 unspecified atom stereocenters. The van der Waals surface area contributed by atoms with Gasteiger partial charge in [0.05, 0.1) is 12.0 Å². The van der Waals surface area contributed by atoms with E-state index in [1.54, 1.807) is 29.2 Å². The number of carbonyl (C=O) groups excluding carboxylic acids is 1. The van der Waals surface area contributed by atoms with Gasteiger partial charge in [-0.2, -0.15) is 13.2 Å². The molecule has 10 heteroatoms. The van der Waals surface area contributed by atoms with E-state index in [1.165, 1.54) is 0 Å². The fourth-order valence-corrected chi connectivity index (χ4v) is 3.65. The van der Waals surface area contributed by atoms with Gasteiger partial charge >= 0.3 is 6.18 Å². The van der Waals surface area contributed by atoms with Crippen LogP contribution in [-0.4, -0.2) is 52.7 Å². The molecule has 1 aliphatic heterocycles. The quantitative estimate of drug-likeness (QED) is 0.417. The largest absolute Gasteiger partial charge is 0.394 e. The van der Waals surface area contributed by atoms with Crippen molar-refractivity contribution in [3.8, 4) is 11.1 Å². The van der Waals surface area contributed by atoms with Gasteiger partial charge in [0.25, 0.3) is 5.91 Å². The molecule has 174 valence electrons. The number of hydrogen-bond acceptors (Lipinski definition) is 3. The molecular formula is C22H22Cl2F4N2O2. The standard InChI is InChI=1S/C22H22Cl2F4N2O2/c23-20(24)21(32)29-18(9-25)19(31)16-7-5-15(6-8-16)14-3-1-13(2-4-14)10-30-11-17(12-30)22(26,27)28/h1-8,17-20,31H,9-12H2,(H,29,32). The lowest BCUT2D eigenvalue weighted by molar-refractivity contribution is -0.210. The van der Waals surface area contributed by atoms with Crippen LogP contribution in [0.15, 0.2) is 48.5 Å². The summed E-state index contributed by atoms with van der Waals surface area (Å²) < 4.78 is 51.1. The van der Waals surface area contributed by atoms with Crippen molar-refractivity contribution in [3.63, 3.8) is 0 Å². The van der Waals surface area contributed by atoms with Gasteiger partial charge in [0, 0.05) is 19.6 Å². The van der Waals surface area contributed by atoms with Gasteiger partial charge in [-0.1, -0.05) is 71.7 Å². The predicted octanol–water partition coefficient (Wildman–Crippen LogP) is 4.64. The summed E-state index contributed by atoms with van der Waals surface area (Å²) in [4.78, 5) is 11.9. The van der Waals surface area contributed by atoms with Crippen molar-refractivity contribution in [3.05, 3.63) is 59.7 Å². The molecule has 1 aliphatic rings. The van der Waals surface area contributed by atoms with Gasteiger partial charge in [0.1, 0.15) is 12.8 Å². The summed E-state index contributed by atoms with van der Waals surface area (Å²) in [6, 6.07) is 13.0. The molecule has 1 heterocycles. The highest BCUT2D eigenvalue weighted by atomic mass is 35.5. The number of halogens is 6. The third-order valence-electron chi connectivity index (χ3n) is 5.44. The number of likely N-dealkylation sites (tertiary alicyclic amines) is 1. The van der Waals surface area contributed by atoms with Gasteiger partial charge in [0.15, 0.2) is 4.84 Å². The van der Waals surface area contributed by atoms with E-state index in [2.05, 4.69) is 5.32 Å². The molecule has 0 aromatic heterocycles. The minimum absolute atomic E-state index is 0.0197. The van der Waals surface area contributed by atoms with E-state index in [0.29, 0.717) is 12.1 Å². The summed E-state index contributed by atoms with van der Waals surface area (Å²) >= 11 is 10.9. The minimum atomic E-state index is -4.13. The lowest BCUT2D eigenvalue weighted by Gasteiger charge is -2.40. The van der Waals surface area contributed by atoms with Crippen LogP contribution in [0.2, 0.25) is 0 Å². The average molecular weight is 493 g/mol. The maximum absolute atomic E-state index is 13.3. The Balaban J connectivity index is 1.59. The number of aliphatic hydroxyl groups excluding tert-OH is 1. The monoisotopic (exact) mass is 492 g/mol. The summed E-state index contributed by atoms with van der Waals surface area (Å²) in [5.74, 6) is -2.04. The first-order valence-electron chi connectivity index (χ1n) is 9.89. The number of alkyl halides is 6. The summed E-state index contributed by atoms with van der Waals surface area (Å²) in [5, 5.41) is 12.6. The van der Waals surface area contributed by atoms with Gasteiger partial charge < -0.3 is 10.4 Å². The molecule has 0 spiro atoms. The first-order chi connectivity index (χ1) is 15.1. The molecule has 0 aliphatic carbocycles. The lowest BCUT2D eigenvalue weighted by Crippen LogP contribution is -2.52. The van der Waals surface area contributed by atoms with E-state index in [0.717, 1.165) is 16.7 Å². The SMILES string of the molecule is O=C(NC(CF)C(O)c1ccc(-c2ccc(CN3CC(C(F)(F)F)C3)cc2)cc1)C(Cl)Cl. The van der Waals surface area contributed by atoms with Gasteiger partial charge in [-0.05, 0) is 22.3 Å². The van der Waals surface area contributed by atoms with E-state index in [4.69, 9.17) is 23.2 Å². The molecule has 0 radical (unpaired) electrons. The van der Waals surface area contributed by atoms with E-state index >= 15 is 0 Å². The van der Waals surface area contributed by atoms with Crippen molar-refractivity contribution >= 4 is 29.1 Å². The number of nitrogens with one attached hydrogen (secondary N) is 1. The average Bonchev–Trinajstić information content (AvgIpc) is 2.73. The molecule has 2 atom stereocenters. The summed E-state index contributed by atoms with van der Waals surface area (Å²) in [7, 11) is 0. The predicted molar refractivity (Wildman–Crippen MR) is 115 cm³/mol. The Morgan fingerprint density at radius 3 is 2.06 bits per heavy atom. The summed E-state index contributed by atoms with van der Waals surface area (Å²) in [6.07, 6.45) is -5.42. The normalized spacial score (nSPS) is 17.1. The first kappa shape index (κ1) is 24.8. The van der Waals surface area contributed by atoms with Crippen LogP contribution < -0.4 is 5.32 Å². The second-order valence-electron chi connectivity index (χ2n) is 7.77. The van der Waals surface area contributed by atoms with E-state index in [9.17, 15) is 27.5 Å². The molecule has 2 aromatic rings. The number of benzene rings is 2. The number of carbonyl (C=O) groups is 1. The summed E-state index contributed by atoms with van der Waals surface area (Å²) in [6.45, 7) is -0.505. The Kier molecular flexibility index (Phi) is 8.03. The van der Waals surface area contributed by atoms with Crippen molar-refractivity contribution < 1.29 is 27.5 Å². The third kappa shape index (κ3) is 6.13. The van der Waals surface area contributed by atoms with Crippen LogP contribution in [0.1, 0.15) is 17.2 Å². The topological polar surface area (TPSA) is 52.6 Å². The fourth-order valence-electron chi connectivity index (χ4n) is 3.52. The molecule has 1 saturated heterocycles. The Hall–Kier alpha value is -1.87. The number of hydrogen-bond donors (Lipinski definition) is 2. The second kappa shape index (κ2) is 10.4. The highest BCUT2D eigenvalue weighted by Crippen LogP contribution is 2.34. The van der Waals surface area contributed by atoms with Crippen LogP contribution in [-0.2, 0) is 11.3 Å². The molecule has 4 nitrogen and oxygen atoms in total. The second-order valence-corrected chi connectivity index (χ2v) is 8.86. The number of nitrogens with zero attached hydrogens (tertiary/aromatic N) is 1. The van der Waals surface area contributed by atoms with Crippen molar-refractivity contribution in [1.29, 1.82) is 0 Å². The Morgan fingerprint density at radius 1 is 1.06 bits per heavy atom. The van der Waals surface area contributed by atoms with Crippen LogP contribution in [0.5, 0.6) is 0 Å². The molecule has 2 N–H and O–H groups in total. The van der Waals surface area contributed by atoms with Crippen molar-refractivity contribution in [2.75, 3.05) is 19.8 Å². The zero-order valence-electron chi connectivity index (χ0n) is 16.8. The smallest absolute Gasteiger partial charge is 0.386 e. The van der Waals surface area contributed by atoms with Crippen LogP contribution in [0, 0.1) is 5.92 Å². The first-order valence-corrected chi connectivity index (χ1v) is 10.8. The molecule has 2 aromatic carbocycles. The molecule has 1 fully saturated rings. The Morgan fingerprint density at radius 2 is 1.59 bits per heavy atom. The van der Waals surface area contributed by atoms with Crippen molar-refractivity contribution in [2.24, 2.45) is 5.92 Å². The number of aliphatic hydroxyl groups is 1. The van der Waals surface area contributed by atoms with E-state index in [-0.39, 0.29) is 13.1 Å². The van der Waals surface area contributed by atoms with Crippen molar-refractivity contribution in [2.45, 2.75) is 29.7 Å². The van der Waals surface area contributed by atoms with Gasteiger partial charge in [0.2, 0.25) is 0 Å². The zero-order valence-corrected chi connectivity index (χ0v) is 18.3. The Bertz CT molecular complexity index is 902. The highest BCUT2D eigenvalue weighted by molar-refractivity contribution is 6.53. The van der Waals surface area contributed by atoms with Crippen LogP contribution in [0.4, 0.5) is 17.6 Å². The van der Waals surface area contributed by atoms with E-state index in [1.807, 2.05) is 24.3 Å². The maximum Gasteiger partial charge on any atom is 0.394 e. The van der Waals surface area contributed by atoms with Gasteiger partial charge in [-0.3, -0.25) is 9.69 Å². The Labute approximate surface area is 193 Å². The van der Waals surface area contributed by atoms with Crippen molar-refractivity contribution in [1.82, 2.24) is 10.2 Å². The fraction of sp³-hybridized carbons (Fsp3) is 0.409. The molecule has 3 rings (SSSR count). The summed E-state index contributed by atoms with van der Waals surface area (Å²) in [5.41, 5.74) is 3.05. The molecule has 0 bridgehead atoms. The van der Waals surface area contributed by atoms with Crippen LogP contribution >= 0.6 is 23.2 Å².